The first-order chi connectivity index (χ1) is 14.4. The van der Waals surface area contributed by atoms with Gasteiger partial charge in [-0.1, -0.05) is 37.3 Å². The van der Waals surface area contributed by atoms with Crippen LogP contribution in [0.25, 0.3) is 17.4 Å². The molecule has 0 saturated heterocycles. The Balaban J connectivity index is 1.75. The molecule has 1 aromatic carbocycles. The zero-order chi connectivity index (χ0) is 21.7. The first-order valence-corrected chi connectivity index (χ1v) is 9.78. The van der Waals surface area contributed by atoms with Crippen molar-refractivity contribution in [2.45, 2.75) is 19.8 Å². The smallest absolute Gasteiger partial charge is 0.337 e. The number of carbonyl (C=O) groups is 2. The third-order valence-electron chi connectivity index (χ3n) is 4.02. The number of rotatable bonds is 6. The van der Waals surface area contributed by atoms with E-state index in [-0.39, 0.29) is 11.5 Å². The topological polar surface area (TPSA) is 118 Å². The normalized spacial score (nSPS) is 11.2. The number of hydrogen-bond donors (Lipinski definition) is 1. The summed E-state index contributed by atoms with van der Waals surface area (Å²) in [7, 11) is 1.32. The van der Waals surface area contributed by atoms with Crippen molar-refractivity contribution in [3.05, 3.63) is 58.3 Å². The Hall–Kier alpha value is -3.77. The van der Waals surface area contributed by atoms with Crippen LogP contribution < -0.4 is 5.32 Å². The van der Waals surface area contributed by atoms with E-state index in [0.29, 0.717) is 22.2 Å². The number of benzene rings is 1. The maximum atomic E-state index is 12.4. The van der Waals surface area contributed by atoms with Crippen LogP contribution in [-0.4, -0.2) is 29.2 Å². The highest BCUT2D eigenvalue weighted by Crippen LogP contribution is 2.25. The van der Waals surface area contributed by atoms with Crippen molar-refractivity contribution in [2.24, 2.45) is 0 Å². The molecule has 0 atom stereocenters. The third kappa shape index (κ3) is 4.79. The third-order valence-corrected chi connectivity index (χ3v) is 5.16. The number of hydrogen-bond acceptors (Lipinski definition) is 8. The average molecular weight is 422 g/mol. The molecule has 152 valence electrons. The summed E-state index contributed by atoms with van der Waals surface area (Å²) < 4.78 is 10.4. The molecule has 1 N–H and O–H groups in total. The number of anilines is 1. The number of esters is 1. The zero-order valence-electron chi connectivity index (χ0n) is 16.5. The zero-order valence-corrected chi connectivity index (χ0v) is 17.3. The van der Waals surface area contributed by atoms with E-state index in [0.717, 1.165) is 10.6 Å². The number of ether oxygens (including phenoxy) is 1. The minimum Gasteiger partial charge on any atom is -0.465 e. The van der Waals surface area contributed by atoms with Gasteiger partial charge in [0.1, 0.15) is 28.2 Å². The van der Waals surface area contributed by atoms with Crippen molar-refractivity contribution >= 4 is 34.4 Å². The van der Waals surface area contributed by atoms with Gasteiger partial charge in [0.05, 0.1) is 12.7 Å². The van der Waals surface area contributed by atoms with Crippen LogP contribution in [0.4, 0.5) is 5.13 Å². The van der Waals surface area contributed by atoms with Gasteiger partial charge >= 0.3 is 5.97 Å². The van der Waals surface area contributed by atoms with Crippen LogP contribution in [0.2, 0.25) is 0 Å². The van der Waals surface area contributed by atoms with Crippen LogP contribution in [0.1, 0.15) is 40.9 Å². The molecule has 3 rings (SSSR count). The molecular formula is C21H18N4O4S. The molecule has 1 amide bonds. The molecule has 8 nitrogen and oxygen atoms in total. The van der Waals surface area contributed by atoms with E-state index in [1.807, 2.05) is 19.9 Å². The summed E-state index contributed by atoms with van der Waals surface area (Å²) in [5, 5.41) is 21.0. The van der Waals surface area contributed by atoms with Gasteiger partial charge in [-0.2, -0.15) is 5.26 Å². The molecule has 0 aliphatic rings. The van der Waals surface area contributed by atoms with Crippen molar-refractivity contribution < 1.29 is 18.7 Å². The average Bonchev–Trinajstić information content (AvgIpc) is 3.41. The number of nitrogens with one attached hydrogen (secondary N) is 1. The highest BCUT2D eigenvalue weighted by atomic mass is 32.1. The molecule has 0 bridgehead atoms. The van der Waals surface area contributed by atoms with Crippen molar-refractivity contribution in [3.8, 4) is 17.4 Å². The number of nitriles is 1. The first kappa shape index (κ1) is 21.0. The highest BCUT2D eigenvalue weighted by Gasteiger charge is 2.15. The molecule has 9 heteroatoms. The maximum absolute atomic E-state index is 12.4. The molecule has 0 unspecified atom stereocenters. The number of aromatic nitrogens is 2. The van der Waals surface area contributed by atoms with Gasteiger partial charge in [-0.3, -0.25) is 10.1 Å². The van der Waals surface area contributed by atoms with Crippen LogP contribution in [0.5, 0.6) is 0 Å². The Bertz CT molecular complexity index is 1140. The summed E-state index contributed by atoms with van der Waals surface area (Å²) in [5.41, 5.74) is 1.03. The van der Waals surface area contributed by atoms with E-state index < -0.39 is 11.9 Å². The number of furan rings is 1. The van der Waals surface area contributed by atoms with Crippen molar-refractivity contribution in [1.82, 2.24) is 10.2 Å². The second-order valence-corrected chi connectivity index (χ2v) is 7.50. The number of methoxy groups -OCH3 is 1. The molecule has 0 fully saturated rings. The van der Waals surface area contributed by atoms with Gasteiger partial charge in [0.15, 0.2) is 0 Å². The molecule has 3 aromatic rings. The fourth-order valence-electron chi connectivity index (χ4n) is 2.45. The van der Waals surface area contributed by atoms with Crippen molar-refractivity contribution in [3.63, 3.8) is 0 Å². The number of nitrogens with zero attached hydrogens (tertiary/aromatic N) is 3. The van der Waals surface area contributed by atoms with Crippen LogP contribution in [0, 0.1) is 11.3 Å². The van der Waals surface area contributed by atoms with Gasteiger partial charge in [0, 0.05) is 17.6 Å². The summed E-state index contributed by atoms with van der Waals surface area (Å²) in [6, 6.07) is 11.9. The van der Waals surface area contributed by atoms with Crippen LogP contribution in [0.3, 0.4) is 0 Å². The fourth-order valence-corrected chi connectivity index (χ4v) is 3.19. The Kier molecular flexibility index (Phi) is 6.39. The van der Waals surface area contributed by atoms with Crippen LogP contribution in [-0.2, 0) is 9.53 Å². The monoisotopic (exact) mass is 422 g/mol. The van der Waals surface area contributed by atoms with E-state index in [2.05, 4.69) is 20.3 Å². The number of carbonyl (C=O) groups excluding carboxylic acids is 2. The minimum absolute atomic E-state index is 0.127. The molecule has 30 heavy (non-hydrogen) atoms. The van der Waals surface area contributed by atoms with Crippen LogP contribution in [0.15, 0.2) is 46.4 Å². The lowest BCUT2D eigenvalue weighted by atomic mass is 10.1. The molecule has 2 heterocycles. The van der Waals surface area contributed by atoms with E-state index >= 15 is 0 Å². The van der Waals surface area contributed by atoms with E-state index in [1.54, 1.807) is 36.4 Å². The molecule has 0 aliphatic carbocycles. The summed E-state index contributed by atoms with van der Waals surface area (Å²) >= 11 is 1.26. The second-order valence-electron chi connectivity index (χ2n) is 6.50. The second kappa shape index (κ2) is 9.15. The molecular weight excluding hydrogens is 404 g/mol. The molecule has 0 saturated carbocycles. The van der Waals surface area contributed by atoms with Crippen LogP contribution >= 0.6 is 11.3 Å². The lowest BCUT2D eigenvalue weighted by Crippen LogP contribution is -2.13. The SMILES string of the molecule is COC(=O)c1ccc(-c2ccc(/C=C(/C#N)C(=O)Nc3nnc(C(C)C)s3)o2)cc1. The van der Waals surface area contributed by atoms with Gasteiger partial charge in [0.25, 0.3) is 5.91 Å². The minimum atomic E-state index is -0.593. The number of amides is 1. The lowest BCUT2D eigenvalue weighted by molar-refractivity contribution is -0.112. The summed E-state index contributed by atoms with van der Waals surface area (Å²) in [5.74, 6) is 0.0480. The van der Waals surface area contributed by atoms with Gasteiger partial charge in [-0.15, -0.1) is 10.2 Å². The van der Waals surface area contributed by atoms with Gasteiger partial charge in [-0.05, 0) is 24.3 Å². The Morgan fingerprint density at radius 1 is 1.20 bits per heavy atom. The predicted molar refractivity (Wildman–Crippen MR) is 112 cm³/mol. The summed E-state index contributed by atoms with van der Waals surface area (Å²) in [6.07, 6.45) is 1.35. The Morgan fingerprint density at radius 2 is 1.93 bits per heavy atom. The van der Waals surface area contributed by atoms with Gasteiger partial charge in [-0.25, -0.2) is 4.79 Å². The molecule has 2 aromatic heterocycles. The van der Waals surface area contributed by atoms with Crippen molar-refractivity contribution in [2.75, 3.05) is 12.4 Å². The van der Waals surface area contributed by atoms with Crippen molar-refractivity contribution in [1.29, 1.82) is 5.26 Å². The first-order valence-electron chi connectivity index (χ1n) is 8.96. The van der Waals surface area contributed by atoms with Gasteiger partial charge in [0.2, 0.25) is 5.13 Å². The molecule has 0 radical (unpaired) electrons. The highest BCUT2D eigenvalue weighted by molar-refractivity contribution is 7.15. The predicted octanol–water partition coefficient (Wildman–Crippen LogP) is 4.25. The summed E-state index contributed by atoms with van der Waals surface area (Å²) in [6.45, 7) is 3.95. The quantitative estimate of drug-likeness (QED) is 0.358. The Morgan fingerprint density at radius 3 is 2.53 bits per heavy atom. The van der Waals surface area contributed by atoms with E-state index in [1.165, 1.54) is 24.5 Å². The fraction of sp³-hybridized carbons (Fsp3) is 0.190. The van der Waals surface area contributed by atoms with E-state index in [9.17, 15) is 14.9 Å². The standard InChI is InChI=1S/C21H18N4O4S/c1-12(2)19-24-25-21(30-19)23-18(26)15(11-22)10-16-8-9-17(29-16)13-4-6-14(7-5-13)20(27)28-3/h4-10,12H,1-3H3,(H,23,25,26)/b15-10-. The summed E-state index contributed by atoms with van der Waals surface area (Å²) in [4.78, 5) is 23.9. The molecule has 0 aliphatic heterocycles. The van der Waals surface area contributed by atoms with E-state index in [4.69, 9.17) is 4.42 Å². The maximum Gasteiger partial charge on any atom is 0.337 e. The largest absolute Gasteiger partial charge is 0.465 e. The Labute approximate surface area is 176 Å². The molecule has 0 spiro atoms. The van der Waals surface area contributed by atoms with Gasteiger partial charge < -0.3 is 9.15 Å². The lowest BCUT2D eigenvalue weighted by Gasteiger charge is -2.01.